The van der Waals surface area contributed by atoms with Crippen LogP contribution in [0.5, 0.6) is 0 Å². The van der Waals surface area contributed by atoms with Crippen LogP contribution in [-0.2, 0) is 11.3 Å². The normalized spacial score (nSPS) is 10.4. The van der Waals surface area contributed by atoms with Gasteiger partial charge < -0.3 is 20.2 Å². The van der Waals surface area contributed by atoms with Gasteiger partial charge in [0.25, 0.3) is 5.91 Å². The molecule has 0 aliphatic rings. The summed E-state index contributed by atoms with van der Waals surface area (Å²) in [4.78, 5) is 11.8. The van der Waals surface area contributed by atoms with E-state index in [1.165, 1.54) is 0 Å². The van der Waals surface area contributed by atoms with Crippen LogP contribution >= 0.6 is 0 Å². The van der Waals surface area contributed by atoms with E-state index in [4.69, 9.17) is 14.9 Å². The van der Waals surface area contributed by atoms with E-state index in [9.17, 15) is 4.79 Å². The first kappa shape index (κ1) is 14.1. The van der Waals surface area contributed by atoms with Crippen molar-refractivity contribution in [3.8, 4) is 0 Å². The highest BCUT2D eigenvalue weighted by Gasteiger charge is 2.07. The van der Waals surface area contributed by atoms with Crippen molar-refractivity contribution < 1.29 is 13.9 Å². The number of nitrogen functional groups attached to an aromatic ring is 1. The highest BCUT2D eigenvalue weighted by molar-refractivity contribution is 5.98. The van der Waals surface area contributed by atoms with Crippen LogP contribution < -0.4 is 11.1 Å². The van der Waals surface area contributed by atoms with Gasteiger partial charge in [-0.3, -0.25) is 4.79 Å². The van der Waals surface area contributed by atoms with Crippen molar-refractivity contribution >= 4 is 11.6 Å². The van der Waals surface area contributed by atoms with E-state index in [0.717, 1.165) is 12.2 Å². The van der Waals surface area contributed by atoms with Gasteiger partial charge in [-0.25, -0.2) is 0 Å². The van der Waals surface area contributed by atoms with E-state index in [2.05, 4.69) is 5.32 Å². The molecule has 0 unspecified atom stereocenters. The second-order valence-electron chi connectivity index (χ2n) is 4.33. The molecule has 5 heteroatoms. The molecule has 0 aliphatic heterocycles. The third-order valence-electron chi connectivity index (χ3n) is 2.78. The van der Waals surface area contributed by atoms with Crippen molar-refractivity contribution in [2.75, 3.05) is 18.9 Å². The molecule has 5 nitrogen and oxygen atoms in total. The number of carbonyl (C=O) groups excluding carboxylic acids is 1. The Labute approximate surface area is 117 Å². The Bertz CT molecular complexity index is 538. The summed E-state index contributed by atoms with van der Waals surface area (Å²) < 4.78 is 10.6. The third-order valence-corrected chi connectivity index (χ3v) is 2.78. The third kappa shape index (κ3) is 4.13. The molecule has 0 aliphatic carbocycles. The van der Waals surface area contributed by atoms with Gasteiger partial charge in [-0.2, -0.15) is 0 Å². The maximum atomic E-state index is 11.8. The van der Waals surface area contributed by atoms with Crippen LogP contribution in [0.2, 0.25) is 0 Å². The second kappa shape index (κ2) is 7.35. The molecule has 3 N–H and O–H groups in total. The van der Waals surface area contributed by atoms with Gasteiger partial charge in [-0.1, -0.05) is 12.1 Å². The van der Waals surface area contributed by atoms with Crippen molar-refractivity contribution in [1.82, 2.24) is 5.32 Å². The smallest absolute Gasteiger partial charge is 0.253 e. The zero-order valence-corrected chi connectivity index (χ0v) is 11.2. The first-order valence-corrected chi connectivity index (χ1v) is 6.50. The molecular formula is C15H18N2O3. The number of ether oxygens (including phenoxy) is 1. The lowest BCUT2D eigenvalue weighted by Crippen LogP contribution is -2.26. The fourth-order valence-electron chi connectivity index (χ4n) is 1.74. The van der Waals surface area contributed by atoms with E-state index in [-0.39, 0.29) is 5.91 Å². The molecule has 0 atom stereocenters. The number of anilines is 1. The molecule has 20 heavy (non-hydrogen) atoms. The van der Waals surface area contributed by atoms with Crippen LogP contribution in [0.4, 0.5) is 5.69 Å². The Hall–Kier alpha value is -2.27. The number of carbonyl (C=O) groups is 1. The van der Waals surface area contributed by atoms with Gasteiger partial charge in [0.1, 0.15) is 12.4 Å². The summed E-state index contributed by atoms with van der Waals surface area (Å²) in [6.07, 6.45) is 2.35. The number of nitrogens with one attached hydrogen (secondary N) is 1. The number of rotatable bonds is 7. The van der Waals surface area contributed by atoms with Gasteiger partial charge in [0, 0.05) is 18.8 Å². The quantitative estimate of drug-likeness (QED) is 0.599. The number of nitrogens with two attached hydrogens (primary N) is 1. The first-order valence-electron chi connectivity index (χ1n) is 6.50. The van der Waals surface area contributed by atoms with Crippen LogP contribution in [0, 0.1) is 0 Å². The number of furan rings is 1. The number of para-hydroxylation sites is 1. The Morgan fingerprint density at radius 3 is 2.85 bits per heavy atom. The molecule has 0 bridgehead atoms. The molecule has 106 valence electrons. The maximum Gasteiger partial charge on any atom is 0.253 e. The summed E-state index contributed by atoms with van der Waals surface area (Å²) in [6, 6.07) is 10.7. The molecule has 1 heterocycles. The van der Waals surface area contributed by atoms with Gasteiger partial charge in [-0.05, 0) is 30.7 Å². The Morgan fingerprint density at radius 2 is 2.10 bits per heavy atom. The van der Waals surface area contributed by atoms with Crippen LogP contribution in [0.25, 0.3) is 0 Å². The topological polar surface area (TPSA) is 77.5 Å². The van der Waals surface area contributed by atoms with Gasteiger partial charge in [0.05, 0.1) is 11.8 Å². The lowest BCUT2D eigenvalue weighted by Gasteiger charge is -2.07. The largest absolute Gasteiger partial charge is 0.467 e. The zero-order chi connectivity index (χ0) is 14.2. The van der Waals surface area contributed by atoms with Gasteiger partial charge in [-0.15, -0.1) is 0 Å². The maximum absolute atomic E-state index is 11.8. The average Bonchev–Trinajstić information content (AvgIpc) is 2.96. The van der Waals surface area contributed by atoms with Crippen molar-refractivity contribution in [3.63, 3.8) is 0 Å². The average molecular weight is 274 g/mol. The molecule has 1 amide bonds. The molecule has 0 saturated heterocycles. The molecule has 1 aromatic carbocycles. The van der Waals surface area contributed by atoms with E-state index >= 15 is 0 Å². The molecule has 0 spiro atoms. The van der Waals surface area contributed by atoms with Crippen molar-refractivity contribution in [3.05, 3.63) is 54.0 Å². The van der Waals surface area contributed by atoms with Crippen LogP contribution in [-0.4, -0.2) is 19.1 Å². The summed E-state index contributed by atoms with van der Waals surface area (Å²) in [5, 5.41) is 2.81. The molecule has 1 aromatic heterocycles. The predicted octanol–water partition coefficient (Wildman–Crippen LogP) is 2.20. The minimum absolute atomic E-state index is 0.158. The van der Waals surface area contributed by atoms with E-state index in [1.54, 1.807) is 30.5 Å². The van der Waals surface area contributed by atoms with Gasteiger partial charge >= 0.3 is 0 Å². The number of hydrogen-bond donors (Lipinski definition) is 2. The summed E-state index contributed by atoms with van der Waals surface area (Å²) in [5.74, 6) is 0.639. The predicted molar refractivity (Wildman–Crippen MR) is 76.2 cm³/mol. The highest BCUT2D eigenvalue weighted by atomic mass is 16.5. The fraction of sp³-hybridized carbons (Fsp3) is 0.267. The highest BCUT2D eigenvalue weighted by Crippen LogP contribution is 2.09. The summed E-state index contributed by atoms with van der Waals surface area (Å²) in [6.45, 7) is 1.56. The van der Waals surface area contributed by atoms with Crippen molar-refractivity contribution in [1.29, 1.82) is 0 Å². The van der Waals surface area contributed by atoms with Crippen LogP contribution in [0.3, 0.4) is 0 Å². The minimum Gasteiger partial charge on any atom is -0.467 e. The Morgan fingerprint density at radius 1 is 1.25 bits per heavy atom. The molecule has 2 aromatic rings. The Kier molecular flexibility index (Phi) is 5.20. The summed E-state index contributed by atoms with van der Waals surface area (Å²) in [5.41, 5.74) is 6.72. The second-order valence-corrected chi connectivity index (χ2v) is 4.33. The SMILES string of the molecule is Nc1ccccc1C(=O)NCCCOCc1ccco1. The lowest BCUT2D eigenvalue weighted by molar-refractivity contribution is 0.0917. The van der Waals surface area contributed by atoms with E-state index < -0.39 is 0 Å². The standard InChI is InChI=1S/C15H18N2O3/c16-14-7-2-1-6-13(14)15(18)17-8-4-9-19-11-12-5-3-10-20-12/h1-3,5-7,10H,4,8-9,11,16H2,(H,17,18). The zero-order valence-electron chi connectivity index (χ0n) is 11.2. The van der Waals surface area contributed by atoms with Crippen LogP contribution in [0.15, 0.2) is 47.1 Å². The molecular weight excluding hydrogens is 256 g/mol. The van der Waals surface area contributed by atoms with Crippen molar-refractivity contribution in [2.24, 2.45) is 0 Å². The Balaban J connectivity index is 1.61. The van der Waals surface area contributed by atoms with Crippen molar-refractivity contribution in [2.45, 2.75) is 13.0 Å². The summed E-state index contributed by atoms with van der Waals surface area (Å²) in [7, 11) is 0. The minimum atomic E-state index is -0.158. The molecule has 0 radical (unpaired) electrons. The monoisotopic (exact) mass is 274 g/mol. The van der Waals surface area contributed by atoms with Crippen LogP contribution in [0.1, 0.15) is 22.5 Å². The molecule has 0 fully saturated rings. The van der Waals surface area contributed by atoms with E-state index in [1.807, 2.05) is 12.1 Å². The van der Waals surface area contributed by atoms with Gasteiger partial charge in [0.2, 0.25) is 0 Å². The molecule has 0 saturated carbocycles. The number of amides is 1. The number of hydrogen-bond acceptors (Lipinski definition) is 4. The number of benzene rings is 1. The molecule has 2 rings (SSSR count). The fourth-order valence-corrected chi connectivity index (χ4v) is 1.74. The lowest BCUT2D eigenvalue weighted by atomic mass is 10.1. The van der Waals surface area contributed by atoms with Gasteiger partial charge in [0.15, 0.2) is 0 Å². The van der Waals surface area contributed by atoms with E-state index in [0.29, 0.717) is 31.0 Å². The first-order chi connectivity index (χ1) is 9.77. The summed E-state index contributed by atoms with van der Waals surface area (Å²) >= 11 is 0.